The summed E-state index contributed by atoms with van der Waals surface area (Å²) in [4.78, 5) is 65.9. The zero-order chi connectivity index (χ0) is 32.6. The standard InChI is InChI=1S/C32H46N6O5S/c1-21(2)17-26(30(41)37-25(29(34)40)15-16-44-4)36-28(39)20-35-31(42)27(19-23-13-9-6-10-14-23)38(3)32(43)24(33)18-22-11-7-5-8-12-22/h5-14,21,24-27H,15-20,33H2,1-4H3,(H2,34,40)(H,35,42)(H,36,39)(H,37,41)/t24-,25-,26-,27-/m0/s1. The van der Waals surface area contributed by atoms with Crippen LogP contribution in [0.5, 0.6) is 0 Å². The van der Waals surface area contributed by atoms with Gasteiger partial charge in [0.2, 0.25) is 29.5 Å². The number of nitrogens with two attached hydrogens (primary N) is 2. The highest BCUT2D eigenvalue weighted by Gasteiger charge is 2.31. The Balaban J connectivity index is 2.11. The zero-order valence-electron chi connectivity index (χ0n) is 26.0. The van der Waals surface area contributed by atoms with Gasteiger partial charge < -0.3 is 32.3 Å². The molecule has 2 rings (SSSR count). The second-order valence-corrected chi connectivity index (χ2v) is 12.1. The van der Waals surface area contributed by atoms with Crippen LogP contribution in [-0.2, 0) is 36.8 Å². The number of nitrogens with one attached hydrogen (secondary N) is 3. The molecule has 4 atom stereocenters. The molecule has 0 aliphatic carbocycles. The van der Waals surface area contributed by atoms with Crippen molar-refractivity contribution in [2.45, 2.75) is 63.7 Å². The molecule has 0 saturated heterocycles. The normalized spacial score (nSPS) is 13.7. The molecule has 0 spiro atoms. The van der Waals surface area contributed by atoms with Crippen LogP contribution < -0.4 is 27.4 Å². The van der Waals surface area contributed by atoms with Crippen LogP contribution in [0, 0.1) is 5.92 Å². The maximum Gasteiger partial charge on any atom is 0.243 e. The Hall–Kier alpha value is -3.90. The number of likely N-dealkylation sites (N-methyl/N-ethyl adjacent to an activating group) is 1. The van der Waals surface area contributed by atoms with E-state index in [9.17, 15) is 24.0 Å². The fourth-order valence-electron chi connectivity index (χ4n) is 4.64. The van der Waals surface area contributed by atoms with Gasteiger partial charge in [-0.3, -0.25) is 24.0 Å². The van der Waals surface area contributed by atoms with Crippen molar-refractivity contribution in [2.75, 3.05) is 25.6 Å². The molecule has 2 aromatic carbocycles. The van der Waals surface area contributed by atoms with E-state index in [4.69, 9.17) is 11.5 Å². The Morgan fingerprint density at radius 1 is 0.841 bits per heavy atom. The minimum Gasteiger partial charge on any atom is -0.368 e. The number of amides is 5. The topological polar surface area (TPSA) is 177 Å². The van der Waals surface area contributed by atoms with Crippen molar-refractivity contribution >= 4 is 41.3 Å². The highest BCUT2D eigenvalue weighted by Crippen LogP contribution is 2.12. The summed E-state index contributed by atoms with van der Waals surface area (Å²) in [6, 6.07) is 15.0. The lowest BCUT2D eigenvalue weighted by Crippen LogP contribution is -2.56. The first kappa shape index (κ1) is 36.3. The summed E-state index contributed by atoms with van der Waals surface area (Å²) in [5.41, 5.74) is 13.4. The first-order chi connectivity index (χ1) is 20.9. The molecule has 5 amide bonds. The fraction of sp³-hybridized carbons (Fsp3) is 0.469. The first-order valence-corrected chi connectivity index (χ1v) is 16.1. The van der Waals surface area contributed by atoms with E-state index in [1.807, 2.05) is 80.8 Å². The third kappa shape index (κ3) is 12.4. The molecule has 0 aromatic heterocycles. The van der Waals surface area contributed by atoms with E-state index < -0.39 is 60.2 Å². The Labute approximate surface area is 264 Å². The van der Waals surface area contributed by atoms with Crippen molar-refractivity contribution in [1.82, 2.24) is 20.9 Å². The van der Waals surface area contributed by atoms with Crippen molar-refractivity contribution in [3.8, 4) is 0 Å². The number of carbonyl (C=O) groups is 5. The van der Waals surface area contributed by atoms with Gasteiger partial charge in [0.25, 0.3) is 0 Å². The van der Waals surface area contributed by atoms with Gasteiger partial charge in [-0.25, -0.2) is 0 Å². The molecule has 0 heterocycles. The molecule has 7 N–H and O–H groups in total. The van der Waals surface area contributed by atoms with Crippen molar-refractivity contribution in [1.29, 1.82) is 0 Å². The molecule has 2 aromatic rings. The molecular formula is C32H46N6O5S. The van der Waals surface area contributed by atoms with Gasteiger partial charge in [0.1, 0.15) is 18.1 Å². The van der Waals surface area contributed by atoms with E-state index in [0.29, 0.717) is 25.0 Å². The largest absolute Gasteiger partial charge is 0.368 e. The van der Waals surface area contributed by atoms with E-state index in [1.54, 1.807) is 0 Å². The fourth-order valence-corrected chi connectivity index (χ4v) is 5.11. The number of benzene rings is 2. The van der Waals surface area contributed by atoms with Gasteiger partial charge in [-0.15, -0.1) is 0 Å². The van der Waals surface area contributed by atoms with Gasteiger partial charge in [-0.1, -0.05) is 74.5 Å². The van der Waals surface area contributed by atoms with E-state index in [2.05, 4.69) is 16.0 Å². The number of hydrogen-bond acceptors (Lipinski definition) is 7. The molecule has 0 fully saturated rings. The maximum absolute atomic E-state index is 13.4. The van der Waals surface area contributed by atoms with Gasteiger partial charge >= 0.3 is 0 Å². The van der Waals surface area contributed by atoms with Crippen molar-refractivity contribution < 1.29 is 24.0 Å². The van der Waals surface area contributed by atoms with E-state index in [-0.39, 0.29) is 12.3 Å². The third-order valence-electron chi connectivity index (χ3n) is 7.06. The van der Waals surface area contributed by atoms with Crippen molar-refractivity contribution in [3.63, 3.8) is 0 Å². The Bertz CT molecular complexity index is 1230. The summed E-state index contributed by atoms with van der Waals surface area (Å²) in [7, 11) is 1.52. The number of nitrogens with zero attached hydrogens (tertiary/aromatic N) is 1. The smallest absolute Gasteiger partial charge is 0.243 e. The molecule has 0 bridgehead atoms. The highest BCUT2D eigenvalue weighted by molar-refractivity contribution is 7.98. The Morgan fingerprint density at radius 3 is 1.93 bits per heavy atom. The van der Waals surface area contributed by atoms with Crippen LogP contribution in [0.2, 0.25) is 0 Å². The predicted octanol–water partition coefficient (Wildman–Crippen LogP) is 0.996. The average Bonchev–Trinajstić information content (AvgIpc) is 3.00. The minimum absolute atomic E-state index is 0.0499. The van der Waals surface area contributed by atoms with E-state index >= 15 is 0 Å². The molecule has 12 heteroatoms. The Kier molecular flexibility index (Phi) is 15.4. The summed E-state index contributed by atoms with van der Waals surface area (Å²) < 4.78 is 0. The second kappa shape index (κ2) is 18.7. The van der Waals surface area contributed by atoms with Gasteiger partial charge in [0.05, 0.1) is 12.6 Å². The molecule has 0 unspecified atom stereocenters. The summed E-state index contributed by atoms with van der Waals surface area (Å²) in [6.45, 7) is 3.38. The molecule has 240 valence electrons. The Morgan fingerprint density at radius 2 is 1.41 bits per heavy atom. The van der Waals surface area contributed by atoms with Gasteiger partial charge in [0, 0.05) is 13.5 Å². The van der Waals surface area contributed by atoms with Gasteiger partial charge in [-0.2, -0.15) is 11.8 Å². The molecule has 0 radical (unpaired) electrons. The van der Waals surface area contributed by atoms with Crippen LogP contribution in [0.3, 0.4) is 0 Å². The van der Waals surface area contributed by atoms with Crippen LogP contribution in [0.4, 0.5) is 0 Å². The number of thioether (sulfide) groups is 1. The van der Waals surface area contributed by atoms with Crippen LogP contribution >= 0.6 is 11.8 Å². The van der Waals surface area contributed by atoms with Gasteiger partial charge in [0.15, 0.2) is 0 Å². The summed E-state index contributed by atoms with van der Waals surface area (Å²) in [5.74, 6) is -2.04. The molecule has 44 heavy (non-hydrogen) atoms. The molecule has 0 aliphatic heterocycles. The lowest BCUT2D eigenvalue weighted by molar-refractivity contribution is -0.140. The van der Waals surface area contributed by atoms with Crippen LogP contribution in [0.15, 0.2) is 60.7 Å². The second-order valence-electron chi connectivity index (χ2n) is 11.2. The third-order valence-corrected chi connectivity index (χ3v) is 7.70. The number of hydrogen-bond donors (Lipinski definition) is 5. The number of primary amides is 1. The highest BCUT2D eigenvalue weighted by atomic mass is 32.2. The van der Waals surface area contributed by atoms with Crippen LogP contribution in [-0.4, -0.2) is 84.2 Å². The quantitative estimate of drug-likeness (QED) is 0.164. The molecule has 11 nitrogen and oxygen atoms in total. The van der Waals surface area contributed by atoms with Crippen LogP contribution in [0.1, 0.15) is 37.8 Å². The van der Waals surface area contributed by atoms with E-state index in [0.717, 1.165) is 11.1 Å². The number of carbonyl (C=O) groups excluding carboxylic acids is 5. The monoisotopic (exact) mass is 626 g/mol. The predicted molar refractivity (Wildman–Crippen MR) is 173 cm³/mol. The first-order valence-electron chi connectivity index (χ1n) is 14.7. The van der Waals surface area contributed by atoms with Gasteiger partial charge in [-0.05, 0) is 48.3 Å². The SMILES string of the molecule is CSCC[C@H](NC(=O)[C@H](CC(C)C)NC(=O)CNC(=O)[C@H](Cc1ccccc1)N(C)C(=O)[C@@H](N)Cc1ccccc1)C(N)=O. The van der Waals surface area contributed by atoms with Crippen molar-refractivity contribution in [3.05, 3.63) is 71.8 Å². The zero-order valence-corrected chi connectivity index (χ0v) is 26.8. The molecule has 0 saturated carbocycles. The maximum atomic E-state index is 13.4. The lowest BCUT2D eigenvalue weighted by atomic mass is 10.0. The summed E-state index contributed by atoms with van der Waals surface area (Å²) >= 11 is 1.52. The summed E-state index contributed by atoms with van der Waals surface area (Å²) in [5, 5.41) is 7.93. The molecule has 0 aliphatic rings. The van der Waals surface area contributed by atoms with Crippen molar-refractivity contribution in [2.24, 2.45) is 17.4 Å². The summed E-state index contributed by atoms with van der Waals surface area (Å²) in [6.07, 6.45) is 3.07. The number of rotatable bonds is 18. The average molecular weight is 627 g/mol. The minimum atomic E-state index is -0.943. The van der Waals surface area contributed by atoms with Crippen LogP contribution in [0.25, 0.3) is 0 Å². The molecular weight excluding hydrogens is 580 g/mol. The lowest BCUT2D eigenvalue weighted by Gasteiger charge is -2.30. The van der Waals surface area contributed by atoms with E-state index in [1.165, 1.54) is 23.7 Å².